The first-order valence-electron chi connectivity index (χ1n) is 12.7. The van der Waals surface area contributed by atoms with Crippen molar-refractivity contribution >= 4 is 28.4 Å². The van der Waals surface area contributed by atoms with Crippen LogP contribution >= 0.6 is 0 Å². The van der Waals surface area contributed by atoms with Crippen molar-refractivity contribution in [3.63, 3.8) is 0 Å². The Morgan fingerprint density at radius 3 is 2.70 bits per heavy atom. The van der Waals surface area contributed by atoms with Gasteiger partial charge in [-0.2, -0.15) is 4.98 Å². The maximum Gasteiger partial charge on any atom is 0.278 e. The van der Waals surface area contributed by atoms with E-state index in [1.165, 1.54) is 16.7 Å². The molecule has 4 aromatic rings. The third-order valence-electron chi connectivity index (χ3n) is 6.84. The first-order valence-corrected chi connectivity index (χ1v) is 12.7. The summed E-state index contributed by atoms with van der Waals surface area (Å²) in [6.07, 6.45) is 4.34. The van der Waals surface area contributed by atoms with Gasteiger partial charge in [-0.15, -0.1) is 6.58 Å². The Balaban J connectivity index is 1.65. The van der Waals surface area contributed by atoms with Gasteiger partial charge in [-0.05, 0) is 65.4 Å². The van der Waals surface area contributed by atoms with Gasteiger partial charge in [0.15, 0.2) is 5.65 Å². The summed E-state index contributed by atoms with van der Waals surface area (Å²) in [5.41, 5.74) is 7.11. The van der Waals surface area contributed by atoms with Gasteiger partial charge < -0.3 is 15.5 Å². The van der Waals surface area contributed by atoms with Gasteiger partial charge in [-0.25, -0.2) is 14.3 Å². The van der Waals surface area contributed by atoms with Crippen LogP contribution in [0.4, 0.5) is 17.3 Å². The van der Waals surface area contributed by atoms with Crippen LogP contribution in [0.25, 0.3) is 16.7 Å². The molecule has 8 heteroatoms. The van der Waals surface area contributed by atoms with E-state index < -0.39 is 0 Å². The summed E-state index contributed by atoms with van der Waals surface area (Å²) in [6, 6.07) is 12.6. The summed E-state index contributed by atoms with van der Waals surface area (Å²) in [6.45, 7) is 12.7. The molecule has 8 nitrogen and oxygen atoms in total. The molecule has 2 aromatic carbocycles. The van der Waals surface area contributed by atoms with Crippen LogP contribution in [0, 0.1) is 0 Å². The van der Waals surface area contributed by atoms with Crippen molar-refractivity contribution in [2.24, 2.45) is 0 Å². The van der Waals surface area contributed by atoms with Gasteiger partial charge >= 0.3 is 0 Å². The predicted octanol–water partition coefficient (Wildman–Crippen LogP) is 4.52. The molecule has 0 bridgehead atoms. The van der Waals surface area contributed by atoms with Crippen LogP contribution in [-0.2, 0) is 24.9 Å². The highest BCUT2D eigenvalue weighted by atomic mass is 16.1. The number of nitrogens with zero attached hydrogens (tertiary/aromatic N) is 5. The van der Waals surface area contributed by atoms with Gasteiger partial charge in [-0.1, -0.05) is 32.9 Å². The topological polar surface area (TPSA) is 80.0 Å². The van der Waals surface area contributed by atoms with E-state index in [9.17, 15) is 4.79 Å². The normalized spacial score (nSPS) is 13.4. The zero-order valence-electron chi connectivity index (χ0n) is 22.3. The van der Waals surface area contributed by atoms with Gasteiger partial charge in [-0.3, -0.25) is 4.79 Å². The number of nitrogens with one attached hydrogen (secondary N) is 2. The Kier molecular flexibility index (Phi) is 6.37. The highest BCUT2D eigenvalue weighted by Crippen LogP contribution is 2.33. The third kappa shape index (κ3) is 4.64. The number of hydrogen-bond acceptors (Lipinski definition) is 6. The van der Waals surface area contributed by atoms with Crippen LogP contribution < -0.4 is 21.1 Å². The van der Waals surface area contributed by atoms with Crippen LogP contribution in [0.1, 0.15) is 37.5 Å². The average Bonchev–Trinajstić information content (AvgIpc) is 3.14. The Labute approximate surface area is 217 Å². The van der Waals surface area contributed by atoms with Gasteiger partial charge in [0.05, 0.1) is 12.2 Å². The molecule has 2 N–H and O–H groups in total. The van der Waals surface area contributed by atoms with Crippen molar-refractivity contribution in [1.29, 1.82) is 0 Å². The maximum atomic E-state index is 13.4. The van der Waals surface area contributed by atoms with E-state index in [0.717, 1.165) is 36.6 Å². The van der Waals surface area contributed by atoms with Crippen molar-refractivity contribution in [3.05, 3.63) is 82.3 Å². The second-order valence-electron chi connectivity index (χ2n) is 10.8. The molecule has 2 aromatic heterocycles. The quantitative estimate of drug-likeness (QED) is 0.381. The van der Waals surface area contributed by atoms with Crippen LogP contribution in [-0.4, -0.2) is 40.0 Å². The van der Waals surface area contributed by atoms with E-state index in [0.29, 0.717) is 23.5 Å². The van der Waals surface area contributed by atoms with Gasteiger partial charge in [0, 0.05) is 38.2 Å². The van der Waals surface area contributed by atoms with E-state index in [1.54, 1.807) is 17.0 Å². The minimum atomic E-state index is -0.142. The highest BCUT2D eigenvalue weighted by Gasteiger charge is 2.23. The summed E-state index contributed by atoms with van der Waals surface area (Å²) in [5.74, 6) is 0.451. The molecular formula is C29H35N7O. The number of benzene rings is 2. The molecule has 0 saturated heterocycles. The second kappa shape index (κ2) is 9.52. The molecule has 0 atom stereocenters. The molecule has 0 aliphatic carbocycles. The minimum absolute atomic E-state index is 0.0915. The van der Waals surface area contributed by atoms with Crippen LogP contribution in [0.5, 0.6) is 0 Å². The number of aromatic nitrogens is 4. The molecule has 1 aliphatic rings. The molecule has 0 saturated carbocycles. The largest absolute Gasteiger partial charge is 0.377 e. The van der Waals surface area contributed by atoms with Gasteiger partial charge in [0.2, 0.25) is 5.95 Å². The van der Waals surface area contributed by atoms with E-state index in [4.69, 9.17) is 4.98 Å². The lowest BCUT2D eigenvalue weighted by Crippen LogP contribution is -2.23. The molecule has 0 unspecified atom stereocenters. The van der Waals surface area contributed by atoms with Crippen molar-refractivity contribution < 1.29 is 0 Å². The molecule has 0 amide bonds. The predicted molar refractivity (Wildman–Crippen MR) is 151 cm³/mol. The fraction of sp³-hybridized carbons (Fsp3) is 0.345. The van der Waals surface area contributed by atoms with Gasteiger partial charge in [0.1, 0.15) is 5.39 Å². The minimum Gasteiger partial charge on any atom is -0.377 e. The van der Waals surface area contributed by atoms with Crippen LogP contribution in [0.15, 0.2) is 60.0 Å². The van der Waals surface area contributed by atoms with E-state index in [1.807, 2.05) is 30.9 Å². The van der Waals surface area contributed by atoms with Crippen molar-refractivity contribution in [2.75, 3.05) is 30.9 Å². The monoisotopic (exact) mass is 497 g/mol. The number of rotatable bonds is 6. The molecule has 0 fully saturated rings. The van der Waals surface area contributed by atoms with Crippen LogP contribution in [0.3, 0.4) is 0 Å². The van der Waals surface area contributed by atoms with E-state index in [-0.39, 0.29) is 11.0 Å². The molecule has 192 valence electrons. The van der Waals surface area contributed by atoms with Gasteiger partial charge in [0.25, 0.3) is 5.56 Å². The average molecular weight is 498 g/mol. The van der Waals surface area contributed by atoms with Crippen LogP contribution in [0.2, 0.25) is 0 Å². The zero-order chi connectivity index (χ0) is 26.3. The molecule has 0 spiro atoms. The lowest BCUT2D eigenvalue weighted by molar-refractivity contribution is 0.582. The Morgan fingerprint density at radius 2 is 1.97 bits per heavy atom. The molecule has 0 radical (unpaired) electrons. The first-order chi connectivity index (χ1) is 17.7. The summed E-state index contributed by atoms with van der Waals surface area (Å²) < 4.78 is 3.55. The Bertz CT molecular complexity index is 1540. The summed E-state index contributed by atoms with van der Waals surface area (Å²) in [7, 11) is 4.09. The van der Waals surface area contributed by atoms with E-state index >= 15 is 0 Å². The Hall–Kier alpha value is -3.91. The Morgan fingerprint density at radius 1 is 1.16 bits per heavy atom. The SMILES string of the molecule is C=CCn1c(=O)c2cnc(Nc3ccc4c(c3)CCNC4)nc2n1-c1ccc(N(C)C)c(C(C)(C)C)c1. The fourth-order valence-electron chi connectivity index (χ4n) is 4.97. The van der Waals surface area contributed by atoms with Crippen molar-refractivity contribution in [3.8, 4) is 5.69 Å². The molecule has 3 heterocycles. The lowest BCUT2D eigenvalue weighted by atomic mass is 9.85. The fourth-order valence-corrected chi connectivity index (χ4v) is 4.97. The highest BCUT2D eigenvalue weighted by molar-refractivity contribution is 5.78. The molecule has 37 heavy (non-hydrogen) atoms. The summed E-state index contributed by atoms with van der Waals surface area (Å²) in [5, 5.41) is 7.22. The maximum absolute atomic E-state index is 13.4. The second-order valence-corrected chi connectivity index (χ2v) is 10.8. The summed E-state index contributed by atoms with van der Waals surface area (Å²) >= 11 is 0. The lowest BCUT2D eigenvalue weighted by Gasteiger charge is -2.27. The molecule has 5 rings (SSSR count). The zero-order valence-corrected chi connectivity index (χ0v) is 22.3. The van der Waals surface area contributed by atoms with Crippen molar-refractivity contribution in [1.82, 2.24) is 24.6 Å². The first kappa shape index (κ1) is 24.8. The summed E-state index contributed by atoms with van der Waals surface area (Å²) in [4.78, 5) is 24.8. The molecular weight excluding hydrogens is 462 g/mol. The smallest absolute Gasteiger partial charge is 0.278 e. The number of allylic oxidation sites excluding steroid dienone is 1. The number of fused-ring (bicyclic) bond motifs is 2. The standard InChI is InChI=1S/C29H35N7O/c1-7-14-35-27(37)23-18-31-28(32-21-9-8-20-17-30-13-12-19(20)15-21)33-26(23)36(35)22-10-11-25(34(5)6)24(16-22)29(2,3)4/h7-11,15-16,18,30H,1,12-14,17H2,2-6H3,(H,31,32,33). The van der Waals surface area contributed by atoms with E-state index in [2.05, 4.69) is 72.1 Å². The molecule has 1 aliphatic heterocycles. The van der Waals surface area contributed by atoms with Crippen molar-refractivity contribution in [2.45, 2.75) is 45.7 Å². The number of hydrogen-bond donors (Lipinski definition) is 2. The third-order valence-corrected chi connectivity index (χ3v) is 6.84. The number of anilines is 3.